The number of esters is 1. The van der Waals surface area contributed by atoms with Gasteiger partial charge in [0.1, 0.15) is 0 Å². The number of aromatic hydroxyl groups is 1. The summed E-state index contributed by atoms with van der Waals surface area (Å²) in [6, 6.07) is 4.94. The molecule has 0 fully saturated rings. The molecule has 3 nitrogen and oxygen atoms in total. The molecule has 1 rings (SSSR count). The van der Waals surface area contributed by atoms with Crippen molar-refractivity contribution >= 4 is 5.97 Å². The van der Waals surface area contributed by atoms with E-state index in [4.69, 9.17) is 4.74 Å². The molecule has 3 heteroatoms. The predicted molar refractivity (Wildman–Crippen MR) is 57.9 cm³/mol. The van der Waals surface area contributed by atoms with Crippen LogP contribution in [-0.4, -0.2) is 11.1 Å². The molecular weight excluding hydrogens is 192 g/mol. The molecule has 15 heavy (non-hydrogen) atoms. The average Bonchev–Trinajstić information content (AvgIpc) is 2.08. The van der Waals surface area contributed by atoms with Crippen molar-refractivity contribution in [3.05, 3.63) is 23.8 Å². The van der Waals surface area contributed by atoms with E-state index in [1.807, 2.05) is 6.92 Å². The van der Waals surface area contributed by atoms with Crippen molar-refractivity contribution in [3.63, 3.8) is 0 Å². The maximum Gasteiger partial charge on any atom is 0.316 e. The molecule has 0 aromatic heterocycles. The van der Waals surface area contributed by atoms with Crippen LogP contribution in [0.5, 0.6) is 11.5 Å². The maximum absolute atomic E-state index is 11.5. The fourth-order valence-corrected chi connectivity index (χ4v) is 0.967. The van der Waals surface area contributed by atoms with Crippen LogP contribution in [0.3, 0.4) is 0 Å². The van der Waals surface area contributed by atoms with Crippen LogP contribution < -0.4 is 4.74 Å². The smallest absolute Gasteiger partial charge is 0.316 e. The molecule has 1 N–H and O–H groups in total. The SMILES string of the molecule is Cc1ccc(OC(=O)C(C)(C)C)c(O)c1. The number of hydrogen-bond acceptors (Lipinski definition) is 3. The van der Waals surface area contributed by atoms with Gasteiger partial charge in [0.05, 0.1) is 5.41 Å². The summed E-state index contributed by atoms with van der Waals surface area (Å²) < 4.78 is 5.08. The first kappa shape index (κ1) is 11.6. The number of carbonyl (C=O) groups is 1. The molecule has 0 amide bonds. The van der Waals surface area contributed by atoms with Gasteiger partial charge in [-0.2, -0.15) is 0 Å². The highest BCUT2D eigenvalue weighted by atomic mass is 16.5. The third-order valence-corrected chi connectivity index (χ3v) is 1.93. The van der Waals surface area contributed by atoms with Gasteiger partial charge in [-0.15, -0.1) is 0 Å². The minimum absolute atomic E-state index is 0.00685. The van der Waals surface area contributed by atoms with E-state index in [0.29, 0.717) is 0 Å². The molecule has 0 bridgehead atoms. The van der Waals surface area contributed by atoms with Crippen LogP contribution in [0.1, 0.15) is 26.3 Å². The normalized spacial score (nSPS) is 11.2. The van der Waals surface area contributed by atoms with E-state index >= 15 is 0 Å². The first-order chi connectivity index (χ1) is 6.80. The number of hydrogen-bond donors (Lipinski definition) is 1. The molecule has 0 spiro atoms. The first-order valence-electron chi connectivity index (χ1n) is 4.82. The van der Waals surface area contributed by atoms with E-state index in [1.54, 1.807) is 39.0 Å². The molecule has 0 aliphatic carbocycles. The van der Waals surface area contributed by atoms with Crippen LogP contribution in [-0.2, 0) is 4.79 Å². The third-order valence-electron chi connectivity index (χ3n) is 1.93. The van der Waals surface area contributed by atoms with Crippen molar-refractivity contribution in [2.75, 3.05) is 0 Å². The molecule has 82 valence electrons. The van der Waals surface area contributed by atoms with Gasteiger partial charge in [-0.05, 0) is 45.4 Å². The van der Waals surface area contributed by atoms with Gasteiger partial charge < -0.3 is 9.84 Å². The van der Waals surface area contributed by atoms with Crippen LogP contribution in [0.15, 0.2) is 18.2 Å². The molecule has 0 unspecified atom stereocenters. The monoisotopic (exact) mass is 208 g/mol. The Labute approximate surface area is 89.7 Å². The number of rotatable bonds is 1. The molecule has 0 heterocycles. The van der Waals surface area contributed by atoms with Crippen LogP contribution >= 0.6 is 0 Å². The highest BCUT2D eigenvalue weighted by Gasteiger charge is 2.24. The van der Waals surface area contributed by atoms with Gasteiger partial charge in [-0.1, -0.05) is 6.07 Å². The zero-order valence-corrected chi connectivity index (χ0v) is 9.50. The summed E-state index contributed by atoms with van der Waals surface area (Å²) in [6.07, 6.45) is 0. The van der Waals surface area contributed by atoms with Crippen molar-refractivity contribution in [3.8, 4) is 11.5 Å². The van der Waals surface area contributed by atoms with Crippen LogP contribution in [0.4, 0.5) is 0 Å². The second-order valence-corrected chi connectivity index (χ2v) is 4.61. The molecule has 0 saturated carbocycles. The van der Waals surface area contributed by atoms with Gasteiger partial charge in [0, 0.05) is 0 Å². The number of phenolic OH excluding ortho intramolecular Hbond substituents is 1. The molecule has 0 aliphatic heterocycles. The zero-order chi connectivity index (χ0) is 11.6. The van der Waals surface area contributed by atoms with E-state index in [1.165, 1.54) is 0 Å². The minimum Gasteiger partial charge on any atom is -0.504 e. The third kappa shape index (κ3) is 2.98. The Balaban J connectivity index is 2.87. The Morgan fingerprint density at radius 1 is 1.33 bits per heavy atom. The van der Waals surface area contributed by atoms with Crippen molar-refractivity contribution in [2.45, 2.75) is 27.7 Å². The van der Waals surface area contributed by atoms with Crippen LogP contribution in [0, 0.1) is 12.3 Å². The van der Waals surface area contributed by atoms with Crippen molar-refractivity contribution in [2.24, 2.45) is 5.41 Å². The van der Waals surface area contributed by atoms with Crippen LogP contribution in [0.2, 0.25) is 0 Å². The summed E-state index contributed by atoms with van der Waals surface area (Å²) in [6.45, 7) is 7.15. The second kappa shape index (κ2) is 3.93. The first-order valence-corrected chi connectivity index (χ1v) is 4.82. The standard InChI is InChI=1S/C12H16O3/c1-8-5-6-10(9(13)7-8)15-11(14)12(2,3)4/h5-7,13H,1-4H3. The van der Waals surface area contributed by atoms with E-state index in [2.05, 4.69) is 0 Å². The summed E-state index contributed by atoms with van der Waals surface area (Å²) in [7, 11) is 0. The second-order valence-electron chi connectivity index (χ2n) is 4.61. The molecule has 0 saturated heterocycles. The van der Waals surface area contributed by atoms with Gasteiger partial charge in [0.25, 0.3) is 0 Å². The van der Waals surface area contributed by atoms with Gasteiger partial charge in [-0.3, -0.25) is 4.79 Å². The summed E-state index contributed by atoms with van der Waals surface area (Å²) in [5, 5.41) is 9.53. The van der Waals surface area contributed by atoms with Gasteiger partial charge in [-0.25, -0.2) is 0 Å². The molecule has 0 radical (unpaired) electrons. The Morgan fingerprint density at radius 3 is 2.40 bits per heavy atom. The number of aryl methyl sites for hydroxylation is 1. The van der Waals surface area contributed by atoms with E-state index in [0.717, 1.165) is 5.56 Å². The van der Waals surface area contributed by atoms with E-state index < -0.39 is 5.41 Å². The lowest BCUT2D eigenvalue weighted by atomic mass is 9.97. The number of ether oxygens (including phenoxy) is 1. The van der Waals surface area contributed by atoms with Gasteiger partial charge >= 0.3 is 5.97 Å². The fourth-order valence-electron chi connectivity index (χ4n) is 0.967. The average molecular weight is 208 g/mol. The summed E-state index contributed by atoms with van der Waals surface area (Å²) in [4.78, 5) is 11.5. The molecule has 1 aromatic carbocycles. The Hall–Kier alpha value is -1.51. The van der Waals surface area contributed by atoms with Gasteiger partial charge in [0.2, 0.25) is 0 Å². The Kier molecular flexibility index (Phi) is 3.03. The molecule has 0 atom stereocenters. The Morgan fingerprint density at radius 2 is 1.93 bits per heavy atom. The molecule has 1 aromatic rings. The Bertz CT molecular complexity index is 375. The number of benzene rings is 1. The lowest BCUT2D eigenvalue weighted by Gasteiger charge is -2.16. The fraction of sp³-hybridized carbons (Fsp3) is 0.417. The molecular formula is C12H16O3. The van der Waals surface area contributed by atoms with Crippen LogP contribution in [0.25, 0.3) is 0 Å². The number of carbonyl (C=O) groups excluding carboxylic acids is 1. The summed E-state index contributed by atoms with van der Waals surface area (Å²) in [5.41, 5.74) is 0.347. The van der Waals surface area contributed by atoms with Crippen molar-refractivity contribution < 1.29 is 14.6 Å². The topological polar surface area (TPSA) is 46.5 Å². The van der Waals surface area contributed by atoms with E-state index in [-0.39, 0.29) is 17.5 Å². The minimum atomic E-state index is -0.572. The quantitative estimate of drug-likeness (QED) is 0.570. The predicted octanol–water partition coefficient (Wildman–Crippen LogP) is 2.65. The summed E-state index contributed by atoms with van der Waals surface area (Å²) in [5.74, 6) is -0.158. The van der Waals surface area contributed by atoms with Crippen molar-refractivity contribution in [1.82, 2.24) is 0 Å². The lowest BCUT2D eigenvalue weighted by molar-refractivity contribution is -0.143. The van der Waals surface area contributed by atoms with Gasteiger partial charge in [0.15, 0.2) is 11.5 Å². The highest BCUT2D eigenvalue weighted by Crippen LogP contribution is 2.28. The highest BCUT2D eigenvalue weighted by molar-refractivity contribution is 5.78. The van der Waals surface area contributed by atoms with Crippen molar-refractivity contribution in [1.29, 1.82) is 0 Å². The maximum atomic E-state index is 11.5. The molecule has 0 aliphatic rings. The lowest BCUT2D eigenvalue weighted by Crippen LogP contribution is -2.25. The van der Waals surface area contributed by atoms with E-state index in [9.17, 15) is 9.90 Å². The zero-order valence-electron chi connectivity index (χ0n) is 9.50. The largest absolute Gasteiger partial charge is 0.504 e. The number of phenols is 1. The summed E-state index contributed by atoms with van der Waals surface area (Å²) >= 11 is 0.